The van der Waals surface area contributed by atoms with E-state index in [2.05, 4.69) is 0 Å². The second-order valence-electron chi connectivity index (χ2n) is 6.90. The van der Waals surface area contributed by atoms with Gasteiger partial charge in [-0.3, -0.25) is 9.59 Å². The molecular formula is C15H21FO5. The molecule has 0 amide bonds. The van der Waals surface area contributed by atoms with Crippen molar-refractivity contribution < 1.29 is 28.5 Å². The number of ketones is 2. The summed E-state index contributed by atoms with van der Waals surface area (Å²) in [5.41, 5.74) is -3.64. The van der Waals surface area contributed by atoms with E-state index in [0.29, 0.717) is 0 Å². The maximum atomic E-state index is 13.2. The first-order valence-corrected chi connectivity index (χ1v) is 6.79. The number of Topliss-reactive ketones (excluding diaryl/α,β-unsaturated/α-hetero) is 2. The number of hydrogen-bond acceptors (Lipinski definition) is 5. The van der Waals surface area contributed by atoms with E-state index >= 15 is 0 Å². The summed E-state index contributed by atoms with van der Waals surface area (Å²) in [6.07, 6.45) is 1.37. The molecule has 2 atom stereocenters. The molecule has 0 unspecified atom stereocenters. The lowest BCUT2D eigenvalue weighted by Crippen LogP contribution is -2.67. The van der Waals surface area contributed by atoms with Gasteiger partial charge in [-0.25, -0.2) is 9.28 Å². The molecule has 1 heterocycles. The fraction of sp³-hybridized carbons (Fsp3) is 0.733. The summed E-state index contributed by atoms with van der Waals surface area (Å²) >= 11 is 0. The van der Waals surface area contributed by atoms with E-state index in [0.717, 1.165) is 0 Å². The molecule has 0 aromatic heterocycles. The Morgan fingerprint density at radius 3 is 2.19 bits per heavy atom. The number of carbonyl (C=O) groups excluding carboxylic acids is 2. The number of ether oxygens (including phenoxy) is 1. The van der Waals surface area contributed by atoms with Crippen LogP contribution in [0.25, 0.3) is 0 Å². The smallest absolute Gasteiger partial charge is 0.242 e. The van der Waals surface area contributed by atoms with Crippen LogP contribution in [0.15, 0.2) is 11.6 Å². The van der Waals surface area contributed by atoms with Crippen molar-refractivity contribution in [2.45, 2.75) is 46.0 Å². The highest BCUT2D eigenvalue weighted by Gasteiger charge is 2.68. The predicted molar refractivity (Wildman–Crippen MR) is 71.9 cm³/mol. The van der Waals surface area contributed by atoms with Gasteiger partial charge < -0.3 is 4.74 Å². The van der Waals surface area contributed by atoms with E-state index < -0.39 is 34.7 Å². The molecule has 21 heavy (non-hydrogen) atoms. The van der Waals surface area contributed by atoms with Gasteiger partial charge in [0.25, 0.3) is 0 Å². The number of fused-ring (bicyclic) bond motifs is 1. The molecule has 2 rings (SSSR count). The Labute approximate surface area is 123 Å². The van der Waals surface area contributed by atoms with E-state index in [1.807, 2.05) is 0 Å². The summed E-state index contributed by atoms with van der Waals surface area (Å²) in [5.74, 6) is -2.41. The normalized spacial score (nSPS) is 38.0. The lowest BCUT2D eigenvalue weighted by atomic mass is 9.57. The molecule has 0 N–H and O–H groups in total. The van der Waals surface area contributed by atoms with Gasteiger partial charge in [0.2, 0.25) is 5.79 Å². The fourth-order valence-corrected chi connectivity index (χ4v) is 3.11. The Kier molecular flexibility index (Phi) is 3.44. The average molecular weight is 300 g/mol. The minimum Gasteiger partial charge on any atom is -0.346 e. The van der Waals surface area contributed by atoms with Crippen LogP contribution in [-0.4, -0.2) is 36.7 Å². The predicted octanol–water partition coefficient (Wildman–Crippen LogP) is 2.15. The molecule has 0 bridgehead atoms. The van der Waals surface area contributed by atoms with Gasteiger partial charge in [0.1, 0.15) is 12.3 Å². The molecule has 2 aliphatic rings. The van der Waals surface area contributed by atoms with Crippen molar-refractivity contribution in [2.24, 2.45) is 10.8 Å². The summed E-state index contributed by atoms with van der Waals surface area (Å²) in [5, 5.41) is 0. The molecule has 1 fully saturated rings. The maximum Gasteiger partial charge on any atom is 0.242 e. The average Bonchev–Trinajstić information content (AvgIpc) is 2.44. The van der Waals surface area contributed by atoms with Crippen molar-refractivity contribution in [3.63, 3.8) is 0 Å². The highest BCUT2D eigenvalue weighted by atomic mass is 19.1. The monoisotopic (exact) mass is 300 g/mol. The number of alkyl halides is 1. The largest absolute Gasteiger partial charge is 0.346 e. The molecule has 0 aromatic carbocycles. The third-order valence-corrected chi connectivity index (χ3v) is 4.48. The molecule has 1 saturated carbocycles. The Morgan fingerprint density at radius 2 is 1.71 bits per heavy atom. The van der Waals surface area contributed by atoms with Gasteiger partial charge in [-0.2, -0.15) is 4.89 Å². The van der Waals surface area contributed by atoms with Crippen LogP contribution < -0.4 is 0 Å². The molecule has 0 radical (unpaired) electrons. The maximum absolute atomic E-state index is 13.2. The van der Waals surface area contributed by atoms with Crippen LogP contribution in [0.5, 0.6) is 0 Å². The van der Waals surface area contributed by atoms with Gasteiger partial charge >= 0.3 is 0 Å². The van der Waals surface area contributed by atoms with Crippen molar-refractivity contribution in [1.82, 2.24) is 0 Å². The topological polar surface area (TPSA) is 61.8 Å². The molecule has 118 valence electrons. The van der Waals surface area contributed by atoms with E-state index in [-0.39, 0.29) is 11.4 Å². The molecule has 0 saturated heterocycles. The number of methoxy groups -OCH3 is 1. The van der Waals surface area contributed by atoms with Crippen molar-refractivity contribution in [1.29, 1.82) is 0 Å². The van der Waals surface area contributed by atoms with Crippen LogP contribution >= 0.6 is 0 Å². The molecule has 0 spiro atoms. The number of halogens is 1. The standard InChI is InChI=1S/C15H21FO5/c1-12(2)10(17)9-7-14(5,8-16)20-21-15(9,19-6)13(3,4)11(12)18/h7H,8H2,1-6H3/t14-,15+/m1/s1. The van der Waals surface area contributed by atoms with Gasteiger partial charge in [0.05, 0.1) is 16.4 Å². The van der Waals surface area contributed by atoms with Gasteiger partial charge in [-0.15, -0.1) is 0 Å². The quantitative estimate of drug-likeness (QED) is 0.577. The van der Waals surface area contributed by atoms with Crippen LogP contribution in [0.1, 0.15) is 34.6 Å². The van der Waals surface area contributed by atoms with E-state index in [1.54, 1.807) is 27.7 Å². The van der Waals surface area contributed by atoms with Crippen molar-refractivity contribution in [3.05, 3.63) is 11.6 Å². The van der Waals surface area contributed by atoms with Crippen LogP contribution in [0.3, 0.4) is 0 Å². The van der Waals surface area contributed by atoms with Crippen molar-refractivity contribution >= 4 is 11.6 Å². The molecule has 5 nitrogen and oxygen atoms in total. The molecule has 0 aromatic rings. The van der Waals surface area contributed by atoms with Crippen molar-refractivity contribution in [3.8, 4) is 0 Å². The van der Waals surface area contributed by atoms with Crippen LogP contribution in [0.4, 0.5) is 4.39 Å². The Balaban J connectivity index is 2.73. The Morgan fingerprint density at radius 1 is 1.14 bits per heavy atom. The molecular weight excluding hydrogens is 279 g/mol. The van der Waals surface area contributed by atoms with Gasteiger partial charge in [-0.05, 0) is 40.7 Å². The highest BCUT2D eigenvalue weighted by Crippen LogP contribution is 2.54. The lowest BCUT2D eigenvalue weighted by Gasteiger charge is -2.53. The van der Waals surface area contributed by atoms with Gasteiger partial charge in [0, 0.05) is 7.11 Å². The minimum absolute atomic E-state index is 0.131. The van der Waals surface area contributed by atoms with E-state index in [1.165, 1.54) is 20.1 Å². The minimum atomic E-state index is -1.66. The second kappa shape index (κ2) is 4.44. The van der Waals surface area contributed by atoms with Crippen LogP contribution in [0.2, 0.25) is 0 Å². The van der Waals surface area contributed by atoms with Crippen LogP contribution in [0, 0.1) is 10.8 Å². The molecule has 1 aliphatic heterocycles. The number of rotatable bonds is 2. The number of hydrogen-bond donors (Lipinski definition) is 0. The SMILES string of the molecule is CO[C@]12OO[C@@](C)(CF)C=C1C(=O)C(C)(C)C(=O)C2(C)C. The lowest BCUT2D eigenvalue weighted by molar-refractivity contribution is -0.469. The second-order valence-corrected chi connectivity index (χ2v) is 6.90. The third kappa shape index (κ3) is 1.86. The zero-order chi connectivity index (χ0) is 16.3. The fourth-order valence-electron chi connectivity index (χ4n) is 3.11. The van der Waals surface area contributed by atoms with E-state index in [9.17, 15) is 14.0 Å². The van der Waals surface area contributed by atoms with E-state index in [4.69, 9.17) is 14.5 Å². The van der Waals surface area contributed by atoms with Gasteiger partial charge in [0.15, 0.2) is 11.6 Å². The first-order valence-electron chi connectivity index (χ1n) is 6.79. The summed E-state index contributed by atoms with van der Waals surface area (Å²) in [4.78, 5) is 35.8. The summed E-state index contributed by atoms with van der Waals surface area (Å²) in [7, 11) is 1.33. The first kappa shape index (κ1) is 16.3. The molecule has 6 heteroatoms. The Hall–Kier alpha value is -1.11. The summed E-state index contributed by atoms with van der Waals surface area (Å²) in [6.45, 7) is 6.97. The highest BCUT2D eigenvalue weighted by molar-refractivity contribution is 6.19. The zero-order valence-corrected chi connectivity index (χ0v) is 13.2. The van der Waals surface area contributed by atoms with Crippen LogP contribution in [-0.2, 0) is 24.1 Å². The Bertz CT molecular complexity index is 536. The van der Waals surface area contributed by atoms with Gasteiger partial charge in [-0.1, -0.05) is 0 Å². The number of carbonyl (C=O) groups is 2. The summed E-state index contributed by atoms with van der Waals surface area (Å²) < 4.78 is 18.6. The third-order valence-electron chi connectivity index (χ3n) is 4.48. The zero-order valence-electron chi connectivity index (χ0n) is 13.2. The summed E-state index contributed by atoms with van der Waals surface area (Å²) in [6, 6.07) is 0. The van der Waals surface area contributed by atoms with Crippen molar-refractivity contribution in [2.75, 3.05) is 13.8 Å². The first-order chi connectivity index (χ1) is 9.48. The molecule has 1 aliphatic carbocycles.